The second kappa shape index (κ2) is 6.04. The number of anilines is 1. The Labute approximate surface area is 134 Å². The maximum absolute atomic E-state index is 12.4. The van der Waals surface area contributed by atoms with Crippen LogP contribution >= 0.6 is 11.6 Å². The van der Waals surface area contributed by atoms with Crippen LogP contribution in [0.15, 0.2) is 24.3 Å². The zero-order valence-electron chi connectivity index (χ0n) is 12.3. The Balaban J connectivity index is 1.65. The van der Waals surface area contributed by atoms with Crippen molar-refractivity contribution in [2.45, 2.75) is 12.5 Å². The first kappa shape index (κ1) is 15.0. The van der Waals surface area contributed by atoms with Crippen molar-refractivity contribution in [1.82, 2.24) is 9.80 Å². The van der Waals surface area contributed by atoms with E-state index in [2.05, 4.69) is 5.32 Å². The van der Waals surface area contributed by atoms with E-state index in [9.17, 15) is 9.59 Å². The Bertz CT molecular complexity index is 595. The van der Waals surface area contributed by atoms with Gasteiger partial charge in [-0.05, 0) is 24.6 Å². The fourth-order valence-electron chi connectivity index (χ4n) is 2.98. The third kappa shape index (κ3) is 2.97. The summed E-state index contributed by atoms with van der Waals surface area (Å²) < 4.78 is 5.12. The van der Waals surface area contributed by atoms with E-state index in [4.69, 9.17) is 16.3 Å². The topological polar surface area (TPSA) is 61.9 Å². The van der Waals surface area contributed by atoms with E-state index >= 15 is 0 Å². The Morgan fingerprint density at radius 1 is 1.45 bits per heavy atom. The number of fused-ring (bicyclic) bond motifs is 1. The van der Waals surface area contributed by atoms with Crippen molar-refractivity contribution in [3.05, 3.63) is 29.3 Å². The molecular weight excluding hydrogens is 306 g/mol. The summed E-state index contributed by atoms with van der Waals surface area (Å²) in [7, 11) is 1.72. The zero-order valence-corrected chi connectivity index (χ0v) is 13.0. The van der Waals surface area contributed by atoms with Crippen LogP contribution in [-0.4, -0.2) is 54.7 Å². The molecule has 0 aromatic heterocycles. The van der Waals surface area contributed by atoms with Crippen molar-refractivity contribution < 1.29 is 14.3 Å². The number of amides is 3. The van der Waals surface area contributed by atoms with Gasteiger partial charge in [0.25, 0.3) is 0 Å². The van der Waals surface area contributed by atoms with Crippen molar-refractivity contribution in [3.8, 4) is 0 Å². The standard InChI is InChI=1S/C15H18ClN3O3/c1-18-13-8-19(6-5-10(13)9-22-15(18)21)14(20)17-12-4-2-3-11(16)7-12/h2-4,7,10,13H,5-6,8-9H2,1H3,(H,17,20)/t10-,13+/m0/s1. The van der Waals surface area contributed by atoms with Crippen molar-refractivity contribution in [3.63, 3.8) is 0 Å². The molecule has 3 amide bonds. The molecule has 2 aliphatic rings. The number of carbonyl (C=O) groups is 2. The number of rotatable bonds is 1. The lowest BCUT2D eigenvalue weighted by atomic mass is 9.90. The predicted molar refractivity (Wildman–Crippen MR) is 83.0 cm³/mol. The molecule has 6 nitrogen and oxygen atoms in total. The van der Waals surface area contributed by atoms with Crippen LogP contribution in [0.2, 0.25) is 5.02 Å². The van der Waals surface area contributed by atoms with Gasteiger partial charge in [0, 0.05) is 36.8 Å². The van der Waals surface area contributed by atoms with E-state index in [1.807, 2.05) is 0 Å². The first-order valence-corrected chi connectivity index (χ1v) is 7.63. The summed E-state index contributed by atoms with van der Waals surface area (Å²) in [5.41, 5.74) is 0.663. The number of ether oxygens (including phenoxy) is 1. The molecule has 2 atom stereocenters. The molecule has 1 aromatic rings. The molecular formula is C15H18ClN3O3. The molecule has 0 radical (unpaired) electrons. The maximum Gasteiger partial charge on any atom is 0.409 e. The van der Waals surface area contributed by atoms with Crippen LogP contribution < -0.4 is 5.32 Å². The molecule has 0 spiro atoms. The number of nitrogens with zero attached hydrogens (tertiary/aromatic N) is 2. The van der Waals surface area contributed by atoms with Gasteiger partial charge in [0.2, 0.25) is 0 Å². The molecule has 3 rings (SSSR count). The average Bonchev–Trinajstić information content (AvgIpc) is 2.51. The minimum atomic E-state index is -0.321. The van der Waals surface area contributed by atoms with Crippen LogP contribution in [0.25, 0.3) is 0 Å². The lowest BCUT2D eigenvalue weighted by Gasteiger charge is -2.44. The fraction of sp³-hybridized carbons (Fsp3) is 0.467. The van der Waals surface area contributed by atoms with Crippen molar-refractivity contribution in [1.29, 1.82) is 0 Å². The van der Waals surface area contributed by atoms with E-state index in [0.717, 1.165) is 6.42 Å². The number of halogens is 1. The third-order valence-electron chi connectivity index (χ3n) is 4.29. The van der Waals surface area contributed by atoms with Gasteiger partial charge in [0.1, 0.15) is 0 Å². The summed E-state index contributed by atoms with van der Waals surface area (Å²) in [4.78, 5) is 27.3. The summed E-state index contributed by atoms with van der Waals surface area (Å²) in [6.45, 7) is 1.61. The molecule has 0 saturated carbocycles. The second-order valence-electron chi connectivity index (χ2n) is 5.69. The highest BCUT2D eigenvalue weighted by atomic mass is 35.5. The Kier molecular flexibility index (Phi) is 4.11. The molecule has 2 aliphatic heterocycles. The summed E-state index contributed by atoms with van der Waals surface area (Å²) in [6.07, 6.45) is 0.504. The largest absolute Gasteiger partial charge is 0.449 e. The zero-order chi connectivity index (χ0) is 15.7. The van der Waals surface area contributed by atoms with Gasteiger partial charge in [-0.3, -0.25) is 0 Å². The van der Waals surface area contributed by atoms with Gasteiger partial charge >= 0.3 is 12.1 Å². The molecule has 0 unspecified atom stereocenters. The van der Waals surface area contributed by atoms with E-state index in [0.29, 0.717) is 30.4 Å². The van der Waals surface area contributed by atoms with Crippen LogP contribution in [0.4, 0.5) is 15.3 Å². The lowest BCUT2D eigenvalue weighted by molar-refractivity contribution is -0.00967. The number of carbonyl (C=O) groups excluding carboxylic acids is 2. The minimum absolute atomic E-state index is 0.0140. The van der Waals surface area contributed by atoms with E-state index in [1.165, 1.54) is 0 Å². The van der Waals surface area contributed by atoms with Crippen LogP contribution in [0.1, 0.15) is 6.42 Å². The molecule has 2 saturated heterocycles. The SMILES string of the molecule is CN1C(=O)OC[C@@H]2CCN(C(=O)Nc3cccc(Cl)c3)C[C@H]21. The van der Waals surface area contributed by atoms with Gasteiger partial charge in [-0.2, -0.15) is 0 Å². The highest BCUT2D eigenvalue weighted by Crippen LogP contribution is 2.27. The molecule has 2 fully saturated rings. The summed E-state index contributed by atoms with van der Waals surface area (Å²) in [6, 6.07) is 6.88. The Morgan fingerprint density at radius 2 is 2.27 bits per heavy atom. The average molecular weight is 324 g/mol. The van der Waals surface area contributed by atoms with Gasteiger partial charge in [-0.25, -0.2) is 9.59 Å². The van der Waals surface area contributed by atoms with Crippen molar-refractivity contribution in [2.75, 3.05) is 32.1 Å². The van der Waals surface area contributed by atoms with Crippen molar-refractivity contribution >= 4 is 29.4 Å². The van der Waals surface area contributed by atoms with Crippen molar-refractivity contribution in [2.24, 2.45) is 5.92 Å². The van der Waals surface area contributed by atoms with Gasteiger partial charge in [-0.1, -0.05) is 17.7 Å². The second-order valence-corrected chi connectivity index (χ2v) is 6.13. The predicted octanol–water partition coefficient (Wildman–Crippen LogP) is 2.64. The first-order valence-electron chi connectivity index (χ1n) is 7.25. The number of hydrogen-bond donors (Lipinski definition) is 1. The molecule has 2 heterocycles. The molecule has 0 bridgehead atoms. The molecule has 22 heavy (non-hydrogen) atoms. The van der Waals surface area contributed by atoms with Gasteiger partial charge < -0.3 is 19.9 Å². The fourth-order valence-corrected chi connectivity index (χ4v) is 3.17. The number of nitrogens with one attached hydrogen (secondary N) is 1. The molecule has 1 aromatic carbocycles. The normalized spacial score (nSPS) is 24.5. The number of urea groups is 1. The monoisotopic (exact) mass is 323 g/mol. The number of likely N-dealkylation sites (tertiary alicyclic amines) is 1. The molecule has 1 N–H and O–H groups in total. The minimum Gasteiger partial charge on any atom is -0.449 e. The van der Waals surface area contributed by atoms with Gasteiger partial charge in [0.15, 0.2) is 0 Å². The number of cyclic esters (lactones) is 1. The van der Waals surface area contributed by atoms with Crippen LogP contribution in [0.3, 0.4) is 0 Å². The van der Waals surface area contributed by atoms with Crippen LogP contribution in [0.5, 0.6) is 0 Å². The third-order valence-corrected chi connectivity index (χ3v) is 4.53. The first-order chi connectivity index (χ1) is 10.5. The molecule has 7 heteroatoms. The van der Waals surface area contributed by atoms with E-state index < -0.39 is 0 Å². The number of piperidine rings is 1. The summed E-state index contributed by atoms with van der Waals surface area (Å²) in [5.74, 6) is 0.290. The highest BCUT2D eigenvalue weighted by molar-refractivity contribution is 6.30. The number of benzene rings is 1. The highest BCUT2D eigenvalue weighted by Gasteiger charge is 2.40. The lowest BCUT2D eigenvalue weighted by Crippen LogP contribution is -2.59. The number of hydrogen-bond acceptors (Lipinski definition) is 3. The van der Waals surface area contributed by atoms with E-state index in [-0.39, 0.29) is 24.1 Å². The van der Waals surface area contributed by atoms with Gasteiger partial charge in [-0.15, -0.1) is 0 Å². The quantitative estimate of drug-likeness (QED) is 0.864. The molecule has 118 valence electrons. The maximum atomic E-state index is 12.4. The Hall–Kier alpha value is -1.95. The summed E-state index contributed by atoms with van der Waals surface area (Å²) >= 11 is 5.92. The Morgan fingerprint density at radius 3 is 3.05 bits per heavy atom. The number of likely N-dealkylation sites (N-methyl/N-ethyl adjacent to an activating group) is 1. The van der Waals surface area contributed by atoms with Crippen LogP contribution in [0, 0.1) is 5.92 Å². The van der Waals surface area contributed by atoms with E-state index in [1.54, 1.807) is 41.1 Å². The smallest absolute Gasteiger partial charge is 0.409 e. The molecule has 0 aliphatic carbocycles. The van der Waals surface area contributed by atoms with Gasteiger partial charge in [0.05, 0.1) is 12.6 Å². The summed E-state index contributed by atoms with van der Waals surface area (Å²) in [5, 5.41) is 3.42. The van der Waals surface area contributed by atoms with Crippen LogP contribution in [-0.2, 0) is 4.74 Å².